The van der Waals surface area contributed by atoms with Crippen LogP contribution >= 0.6 is 11.3 Å². The Bertz CT molecular complexity index is 799. The minimum atomic E-state index is 0.0353. The Morgan fingerprint density at radius 1 is 1.23 bits per heavy atom. The highest BCUT2D eigenvalue weighted by molar-refractivity contribution is 7.14. The van der Waals surface area contributed by atoms with Gasteiger partial charge in [0, 0.05) is 30.1 Å². The Balaban J connectivity index is 1.68. The minimum absolute atomic E-state index is 0.0353. The number of hydrogen-bond donors (Lipinski definition) is 0. The topological polar surface area (TPSA) is 34.9 Å². The lowest BCUT2D eigenvalue weighted by molar-refractivity contribution is 0.105. The Morgan fingerprint density at radius 3 is 2.77 bits per heavy atom. The van der Waals surface area contributed by atoms with Crippen molar-refractivity contribution in [2.75, 3.05) is 0 Å². The molecular weight excluding hydrogens is 292 g/mol. The van der Waals surface area contributed by atoms with Crippen LogP contribution in [-0.2, 0) is 13.5 Å². The molecule has 0 saturated carbocycles. The van der Waals surface area contributed by atoms with Crippen molar-refractivity contribution in [1.82, 2.24) is 9.78 Å². The maximum Gasteiger partial charge on any atom is 0.195 e. The van der Waals surface area contributed by atoms with Crippen molar-refractivity contribution in [2.45, 2.75) is 6.42 Å². The summed E-state index contributed by atoms with van der Waals surface area (Å²) in [6.07, 6.45) is 7.88. The Hall–Kier alpha value is -2.46. The fourth-order valence-corrected chi connectivity index (χ4v) is 3.14. The van der Waals surface area contributed by atoms with Gasteiger partial charge < -0.3 is 0 Å². The van der Waals surface area contributed by atoms with E-state index < -0.39 is 0 Å². The summed E-state index contributed by atoms with van der Waals surface area (Å²) in [5.74, 6) is 0.0353. The van der Waals surface area contributed by atoms with E-state index in [0.717, 1.165) is 16.9 Å². The SMILES string of the molecule is Cn1cc(/C=C/C(=O)c2ccc(Cc3ccccc3)s2)cn1. The first-order chi connectivity index (χ1) is 10.7. The number of nitrogens with zero attached hydrogens (tertiary/aromatic N) is 2. The average molecular weight is 308 g/mol. The summed E-state index contributed by atoms with van der Waals surface area (Å²) >= 11 is 1.55. The highest BCUT2D eigenvalue weighted by Gasteiger charge is 2.07. The highest BCUT2D eigenvalue weighted by atomic mass is 32.1. The number of hydrogen-bond acceptors (Lipinski definition) is 3. The quantitative estimate of drug-likeness (QED) is 0.528. The van der Waals surface area contributed by atoms with Crippen molar-refractivity contribution in [3.63, 3.8) is 0 Å². The number of thiophene rings is 1. The van der Waals surface area contributed by atoms with Crippen molar-refractivity contribution in [1.29, 1.82) is 0 Å². The molecular formula is C18H16N2OS. The normalized spacial score (nSPS) is 11.1. The number of rotatable bonds is 5. The summed E-state index contributed by atoms with van der Waals surface area (Å²) in [7, 11) is 1.86. The van der Waals surface area contributed by atoms with E-state index >= 15 is 0 Å². The molecule has 1 aromatic carbocycles. The maximum absolute atomic E-state index is 12.2. The second-order valence-electron chi connectivity index (χ2n) is 5.07. The van der Waals surface area contributed by atoms with Gasteiger partial charge >= 0.3 is 0 Å². The number of aromatic nitrogens is 2. The molecule has 0 aliphatic heterocycles. The predicted molar refractivity (Wildman–Crippen MR) is 90.1 cm³/mol. The number of carbonyl (C=O) groups excluding carboxylic acids is 1. The smallest absolute Gasteiger partial charge is 0.195 e. The summed E-state index contributed by atoms with van der Waals surface area (Å²) in [5, 5.41) is 4.07. The molecule has 0 spiro atoms. The lowest BCUT2D eigenvalue weighted by Gasteiger charge is -1.96. The first-order valence-electron chi connectivity index (χ1n) is 7.04. The molecule has 2 heterocycles. The second kappa shape index (κ2) is 6.54. The van der Waals surface area contributed by atoms with E-state index in [-0.39, 0.29) is 5.78 Å². The molecule has 4 heteroatoms. The molecule has 3 rings (SSSR count). The lowest BCUT2D eigenvalue weighted by atomic mass is 10.1. The van der Waals surface area contributed by atoms with Gasteiger partial charge in [0.25, 0.3) is 0 Å². The van der Waals surface area contributed by atoms with Crippen molar-refractivity contribution < 1.29 is 4.79 Å². The van der Waals surface area contributed by atoms with Crippen LogP contribution in [0.25, 0.3) is 6.08 Å². The number of allylic oxidation sites excluding steroid dienone is 1. The van der Waals surface area contributed by atoms with Crippen LogP contribution < -0.4 is 0 Å². The summed E-state index contributed by atoms with van der Waals surface area (Å²) < 4.78 is 1.72. The molecule has 0 radical (unpaired) electrons. The van der Waals surface area contributed by atoms with E-state index in [1.165, 1.54) is 10.4 Å². The number of carbonyl (C=O) groups is 1. The fourth-order valence-electron chi connectivity index (χ4n) is 2.18. The number of ketones is 1. The highest BCUT2D eigenvalue weighted by Crippen LogP contribution is 2.21. The Morgan fingerprint density at radius 2 is 2.05 bits per heavy atom. The zero-order valence-corrected chi connectivity index (χ0v) is 13.1. The standard InChI is InChI=1S/C18H16N2OS/c1-20-13-15(12-19-20)7-9-17(21)18-10-8-16(22-18)11-14-5-3-2-4-6-14/h2-10,12-13H,11H2,1H3/b9-7+. The third-order valence-electron chi connectivity index (χ3n) is 3.28. The molecule has 2 aromatic heterocycles. The molecule has 22 heavy (non-hydrogen) atoms. The molecule has 110 valence electrons. The van der Waals surface area contributed by atoms with Crippen LogP contribution in [0.2, 0.25) is 0 Å². The van der Waals surface area contributed by atoms with Gasteiger partial charge in [0.15, 0.2) is 5.78 Å². The molecule has 0 saturated heterocycles. The third-order valence-corrected chi connectivity index (χ3v) is 4.38. The van der Waals surface area contributed by atoms with Gasteiger partial charge in [0.2, 0.25) is 0 Å². The van der Waals surface area contributed by atoms with Crippen LogP contribution in [0.4, 0.5) is 0 Å². The zero-order chi connectivity index (χ0) is 15.4. The summed E-state index contributed by atoms with van der Waals surface area (Å²) in [6, 6.07) is 14.2. The molecule has 3 nitrogen and oxygen atoms in total. The van der Waals surface area contributed by atoms with E-state index in [4.69, 9.17) is 0 Å². The van der Waals surface area contributed by atoms with E-state index in [1.54, 1.807) is 34.4 Å². The molecule has 0 amide bonds. The average Bonchev–Trinajstić information content (AvgIpc) is 3.15. The summed E-state index contributed by atoms with van der Waals surface area (Å²) in [6.45, 7) is 0. The van der Waals surface area contributed by atoms with Crippen LogP contribution in [0.1, 0.15) is 25.7 Å². The molecule has 0 bridgehead atoms. The summed E-state index contributed by atoms with van der Waals surface area (Å²) in [5.41, 5.74) is 2.19. The van der Waals surface area contributed by atoms with Crippen LogP contribution in [0.3, 0.4) is 0 Å². The number of aryl methyl sites for hydroxylation is 1. The van der Waals surface area contributed by atoms with Gasteiger partial charge in [-0.05, 0) is 29.8 Å². The third kappa shape index (κ3) is 3.59. The van der Waals surface area contributed by atoms with Gasteiger partial charge in [0.1, 0.15) is 0 Å². The molecule has 0 N–H and O–H groups in total. The zero-order valence-electron chi connectivity index (χ0n) is 12.3. The van der Waals surface area contributed by atoms with Crippen LogP contribution in [0, 0.1) is 0 Å². The molecule has 0 atom stereocenters. The van der Waals surface area contributed by atoms with Crippen LogP contribution in [0.15, 0.2) is 60.9 Å². The van der Waals surface area contributed by atoms with Gasteiger partial charge in [-0.15, -0.1) is 11.3 Å². The number of benzene rings is 1. The van der Waals surface area contributed by atoms with Crippen molar-refractivity contribution >= 4 is 23.2 Å². The van der Waals surface area contributed by atoms with Crippen LogP contribution in [-0.4, -0.2) is 15.6 Å². The van der Waals surface area contributed by atoms with E-state index in [0.29, 0.717) is 0 Å². The monoisotopic (exact) mass is 308 g/mol. The van der Waals surface area contributed by atoms with E-state index in [2.05, 4.69) is 17.2 Å². The summed E-state index contributed by atoms with van der Waals surface area (Å²) in [4.78, 5) is 14.2. The molecule has 0 aliphatic carbocycles. The second-order valence-corrected chi connectivity index (χ2v) is 6.24. The van der Waals surface area contributed by atoms with Crippen molar-refractivity contribution in [3.8, 4) is 0 Å². The Kier molecular flexibility index (Phi) is 4.30. The van der Waals surface area contributed by atoms with Gasteiger partial charge in [-0.3, -0.25) is 9.48 Å². The van der Waals surface area contributed by atoms with E-state index in [9.17, 15) is 4.79 Å². The van der Waals surface area contributed by atoms with Gasteiger partial charge in [-0.2, -0.15) is 5.10 Å². The first kappa shape index (κ1) is 14.5. The van der Waals surface area contributed by atoms with Crippen LogP contribution in [0.5, 0.6) is 0 Å². The molecule has 3 aromatic rings. The minimum Gasteiger partial charge on any atom is -0.288 e. The van der Waals surface area contributed by atoms with E-state index in [1.807, 2.05) is 43.6 Å². The van der Waals surface area contributed by atoms with Gasteiger partial charge in [-0.1, -0.05) is 30.3 Å². The van der Waals surface area contributed by atoms with Gasteiger partial charge in [-0.25, -0.2) is 0 Å². The largest absolute Gasteiger partial charge is 0.288 e. The molecule has 0 fully saturated rings. The van der Waals surface area contributed by atoms with Crippen molar-refractivity contribution in [2.24, 2.45) is 7.05 Å². The molecule has 0 aliphatic rings. The molecule has 0 unspecified atom stereocenters. The first-order valence-corrected chi connectivity index (χ1v) is 7.86. The van der Waals surface area contributed by atoms with Crippen molar-refractivity contribution in [3.05, 3.63) is 81.8 Å². The maximum atomic E-state index is 12.2. The fraction of sp³-hybridized carbons (Fsp3) is 0.111. The lowest BCUT2D eigenvalue weighted by Crippen LogP contribution is -1.88. The van der Waals surface area contributed by atoms with Gasteiger partial charge in [0.05, 0.1) is 11.1 Å². The Labute approximate surface area is 133 Å². The predicted octanol–water partition coefficient (Wildman–Crippen LogP) is 3.97.